The third kappa shape index (κ3) is 2.39. The highest BCUT2D eigenvalue weighted by atomic mass is 32.2. The van der Waals surface area contributed by atoms with Crippen LogP contribution in [0.2, 0.25) is 0 Å². The summed E-state index contributed by atoms with van der Waals surface area (Å²) in [7, 11) is 0. The number of thioether (sulfide) groups is 1. The van der Waals surface area contributed by atoms with Gasteiger partial charge in [-0.1, -0.05) is 54.3 Å². The van der Waals surface area contributed by atoms with Crippen molar-refractivity contribution >= 4 is 11.8 Å². The fourth-order valence-electron chi connectivity index (χ4n) is 1.32. The molecule has 0 N–H and O–H groups in total. The van der Waals surface area contributed by atoms with Crippen molar-refractivity contribution in [3.63, 3.8) is 0 Å². The maximum atomic E-state index is 3.97. The van der Waals surface area contributed by atoms with E-state index in [-0.39, 0.29) is 0 Å². The minimum absolute atomic E-state index is 0.985. The van der Waals surface area contributed by atoms with Crippen LogP contribution in [0, 0.1) is 0 Å². The Morgan fingerprint density at radius 1 is 1.14 bits per heavy atom. The number of hydrogen-bond donors (Lipinski definition) is 0. The highest BCUT2D eigenvalue weighted by Crippen LogP contribution is 2.30. The molecule has 0 aromatic heterocycles. The SMILES string of the molecule is C=C1C=C(Sc2ccccc2)C=CC1. The number of allylic oxidation sites excluding steroid dienone is 4. The molecule has 1 heteroatoms. The zero-order valence-electron chi connectivity index (χ0n) is 7.94. The van der Waals surface area contributed by atoms with Gasteiger partial charge in [-0.15, -0.1) is 0 Å². The largest absolute Gasteiger partial charge is 0.0955 e. The third-order valence-corrected chi connectivity index (χ3v) is 2.98. The van der Waals surface area contributed by atoms with Crippen molar-refractivity contribution in [1.29, 1.82) is 0 Å². The van der Waals surface area contributed by atoms with Crippen molar-refractivity contribution in [3.05, 3.63) is 65.6 Å². The number of rotatable bonds is 2. The van der Waals surface area contributed by atoms with Crippen LogP contribution >= 0.6 is 11.8 Å². The van der Waals surface area contributed by atoms with Gasteiger partial charge in [-0.05, 0) is 24.6 Å². The molecule has 1 aromatic carbocycles. The lowest BCUT2D eigenvalue weighted by atomic mass is 10.1. The molecule has 1 aliphatic carbocycles. The van der Waals surface area contributed by atoms with Crippen LogP contribution in [0.5, 0.6) is 0 Å². The summed E-state index contributed by atoms with van der Waals surface area (Å²) in [6.45, 7) is 3.97. The summed E-state index contributed by atoms with van der Waals surface area (Å²) in [5, 5.41) is 0. The maximum Gasteiger partial charge on any atom is 0.0122 e. The summed E-state index contributed by atoms with van der Waals surface area (Å²) in [5.74, 6) is 0. The van der Waals surface area contributed by atoms with E-state index in [4.69, 9.17) is 0 Å². The van der Waals surface area contributed by atoms with Crippen molar-refractivity contribution in [1.82, 2.24) is 0 Å². The van der Waals surface area contributed by atoms with E-state index in [1.807, 2.05) is 6.07 Å². The second-order valence-electron chi connectivity index (χ2n) is 3.23. The Bertz CT molecular complexity index is 385. The van der Waals surface area contributed by atoms with Crippen molar-refractivity contribution in [2.75, 3.05) is 0 Å². The molecule has 0 aliphatic heterocycles. The van der Waals surface area contributed by atoms with Gasteiger partial charge in [0.05, 0.1) is 0 Å². The average molecular weight is 200 g/mol. The zero-order valence-corrected chi connectivity index (χ0v) is 8.76. The van der Waals surface area contributed by atoms with Gasteiger partial charge in [0.25, 0.3) is 0 Å². The van der Waals surface area contributed by atoms with Crippen LogP contribution in [-0.2, 0) is 0 Å². The third-order valence-electron chi connectivity index (χ3n) is 1.99. The van der Waals surface area contributed by atoms with Gasteiger partial charge in [0.1, 0.15) is 0 Å². The van der Waals surface area contributed by atoms with Crippen molar-refractivity contribution in [3.8, 4) is 0 Å². The predicted octanol–water partition coefficient (Wildman–Crippen LogP) is 4.18. The van der Waals surface area contributed by atoms with E-state index in [0.29, 0.717) is 0 Å². The smallest absolute Gasteiger partial charge is 0.0122 e. The molecule has 0 saturated heterocycles. The summed E-state index contributed by atoms with van der Waals surface area (Å²) in [5.41, 5.74) is 1.19. The molecule has 0 spiro atoms. The Morgan fingerprint density at radius 3 is 2.64 bits per heavy atom. The average Bonchev–Trinajstić information content (AvgIpc) is 2.19. The standard InChI is InChI=1S/C13H12S/c1-11-6-5-9-13(10-11)14-12-7-3-2-4-8-12/h2-5,7-10H,1,6H2. The first-order valence-corrected chi connectivity index (χ1v) is 5.45. The van der Waals surface area contributed by atoms with Crippen molar-refractivity contribution in [2.24, 2.45) is 0 Å². The van der Waals surface area contributed by atoms with E-state index in [0.717, 1.165) is 6.42 Å². The molecule has 1 aliphatic rings. The van der Waals surface area contributed by atoms with Crippen molar-refractivity contribution in [2.45, 2.75) is 11.3 Å². The minimum atomic E-state index is 0.985. The summed E-state index contributed by atoms with van der Waals surface area (Å²) in [4.78, 5) is 2.55. The highest BCUT2D eigenvalue weighted by Gasteiger charge is 2.01. The summed E-state index contributed by atoms with van der Waals surface area (Å²) >= 11 is 1.78. The van der Waals surface area contributed by atoms with E-state index in [2.05, 4.69) is 49.1 Å². The van der Waals surface area contributed by atoms with Crippen LogP contribution < -0.4 is 0 Å². The molecule has 0 unspecified atom stereocenters. The fourth-order valence-corrected chi connectivity index (χ4v) is 2.28. The first-order chi connectivity index (χ1) is 6.84. The van der Waals surface area contributed by atoms with Crippen LogP contribution in [0.1, 0.15) is 6.42 Å². The molecule has 0 heterocycles. The molecule has 0 nitrogen and oxygen atoms in total. The Morgan fingerprint density at radius 2 is 1.93 bits per heavy atom. The Kier molecular flexibility index (Phi) is 2.90. The van der Waals surface area contributed by atoms with Crippen LogP contribution in [0.4, 0.5) is 0 Å². The second-order valence-corrected chi connectivity index (χ2v) is 4.37. The Labute approximate surface area is 89.0 Å². The van der Waals surface area contributed by atoms with Gasteiger partial charge < -0.3 is 0 Å². The van der Waals surface area contributed by atoms with Crippen LogP contribution in [0.3, 0.4) is 0 Å². The van der Waals surface area contributed by atoms with Gasteiger partial charge in [-0.2, -0.15) is 0 Å². The Hall–Kier alpha value is -1.21. The lowest BCUT2D eigenvalue weighted by molar-refractivity contribution is 1.27. The van der Waals surface area contributed by atoms with Gasteiger partial charge in [-0.3, -0.25) is 0 Å². The molecule has 2 rings (SSSR count). The Balaban J connectivity index is 2.12. The van der Waals surface area contributed by atoms with Crippen LogP contribution in [0.15, 0.2) is 70.5 Å². The monoisotopic (exact) mass is 200 g/mol. The molecule has 0 amide bonds. The number of benzene rings is 1. The van der Waals surface area contributed by atoms with Crippen molar-refractivity contribution < 1.29 is 0 Å². The first-order valence-electron chi connectivity index (χ1n) is 4.63. The normalized spacial score (nSPS) is 15.4. The molecule has 14 heavy (non-hydrogen) atoms. The molecule has 0 radical (unpaired) electrons. The van der Waals surface area contributed by atoms with E-state index >= 15 is 0 Å². The molecule has 0 bridgehead atoms. The molecule has 1 aromatic rings. The molecule has 70 valence electrons. The highest BCUT2D eigenvalue weighted by molar-refractivity contribution is 8.03. The van der Waals surface area contributed by atoms with E-state index in [1.54, 1.807) is 11.8 Å². The zero-order chi connectivity index (χ0) is 9.80. The van der Waals surface area contributed by atoms with Gasteiger partial charge in [0.2, 0.25) is 0 Å². The van der Waals surface area contributed by atoms with E-state index in [9.17, 15) is 0 Å². The van der Waals surface area contributed by atoms with Gasteiger partial charge in [0.15, 0.2) is 0 Å². The summed E-state index contributed by atoms with van der Waals surface area (Å²) < 4.78 is 0. The minimum Gasteiger partial charge on any atom is -0.0955 e. The van der Waals surface area contributed by atoms with Gasteiger partial charge in [-0.25, -0.2) is 0 Å². The fraction of sp³-hybridized carbons (Fsp3) is 0.0769. The quantitative estimate of drug-likeness (QED) is 0.690. The molecular formula is C13H12S. The van der Waals surface area contributed by atoms with Crippen LogP contribution in [-0.4, -0.2) is 0 Å². The van der Waals surface area contributed by atoms with E-state index < -0.39 is 0 Å². The second kappa shape index (κ2) is 4.34. The number of hydrogen-bond acceptors (Lipinski definition) is 1. The van der Waals surface area contributed by atoms with Gasteiger partial charge in [0, 0.05) is 9.80 Å². The molecule has 0 saturated carbocycles. The molecule has 0 fully saturated rings. The molecule has 0 atom stereocenters. The predicted molar refractivity (Wildman–Crippen MR) is 63.3 cm³/mol. The maximum absolute atomic E-state index is 3.97. The van der Waals surface area contributed by atoms with E-state index in [1.165, 1.54) is 15.4 Å². The molecular weight excluding hydrogens is 188 g/mol. The topological polar surface area (TPSA) is 0 Å². The van der Waals surface area contributed by atoms with Crippen LogP contribution in [0.25, 0.3) is 0 Å². The lowest BCUT2D eigenvalue weighted by Gasteiger charge is -2.07. The van der Waals surface area contributed by atoms with Gasteiger partial charge >= 0.3 is 0 Å². The first kappa shape index (κ1) is 9.35. The lowest BCUT2D eigenvalue weighted by Crippen LogP contribution is -1.83. The summed E-state index contributed by atoms with van der Waals surface area (Å²) in [6.07, 6.45) is 7.45. The summed E-state index contributed by atoms with van der Waals surface area (Å²) in [6, 6.07) is 10.4.